The summed E-state index contributed by atoms with van der Waals surface area (Å²) in [5, 5.41) is 7.27. The zero-order valence-corrected chi connectivity index (χ0v) is 17.8. The lowest BCUT2D eigenvalue weighted by Crippen LogP contribution is -2.16. The Labute approximate surface area is 184 Å². The molecule has 0 spiro atoms. The van der Waals surface area contributed by atoms with Crippen LogP contribution in [-0.4, -0.2) is 19.6 Å². The number of aromatic amines is 1. The Kier molecular flexibility index (Phi) is 4.35. The quantitative estimate of drug-likeness (QED) is 0.502. The zero-order chi connectivity index (χ0) is 20.9. The van der Waals surface area contributed by atoms with Crippen molar-refractivity contribution in [1.82, 2.24) is 19.6 Å². The minimum Gasteiger partial charge on any atom is -0.324 e. The van der Waals surface area contributed by atoms with Gasteiger partial charge in [-0.2, -0.15) is 9.50 Å². The summed E-state index contributed by atoms with van der Waals surface area (Å²) >= 11 is 6.28. The molecule has 2 aromatic carbocycles. The van der Waals surface area contributed by atoms with Crippen molar-refractivity contribution in [2.24, 2.45) is 0 Å². The third kappa shape index (κ3) is 3.22. The lowest BCUT2D eigenvalue weighted by atomic mass is 9.99. The van der Waals surface area contributed by atoms with Crippen LogP contribution in [0.1, 0.15) is 46.4 Å². The number of rotatable bonds is 4. The van der Waals surface area contributed by atoms with E-state index in [9.17, 15) is 4.79 Å². The van der Waals surface area contributed by atoms with E-state index in [2.05, 4.69) is 26.4 Å². The van der Waals surface area contributed by atoms with Crippen molar-refractivity contribution in [1.29, 1.82) is 0 Å². The number of benzene rings is 2. The molecule has 0 bridgehead atoms. The summed E-state index contributed by atoms with van der Waals surface area (Å²) in [4.78, 5) is 21.9. The molecule has 156 valence electrons. The topological polar surface area (TPSA) is 75.1 Å². The van der Waals surface area contributed by atoms with E-state index in [4.69, 9.17) is 11.6 Å². The molecule has 6 rings (SSSR count). The molecule has 7 heteroatoms. The minimum atomic E-state index is -0.184. The van der Waals surface area contributed by atoms with E-state index >= 15 is 0 Å². The SMILES string of the molecule is O=c1cc(Cc2ccccc2Cl)nc2nc(Nc3c4c(cc5c3CCC5)CCC4)[nH]n12. The van der Waals surface area contributed by atoms with Crippen LogP contribution in [0.4, 0.5) is 11.6 Å². The summed E-state index contributed by atoms with van der Waals surface area (Å²) in [5.41, 5.74) is 8.30. The molecular formula is C24H22ClN5O. The van der Waals surface area contributed by atoms with Gasteiger partial charge in [0.1, 0.15) is 0 Å². The molecule has 2 aliphatic rings. The maximum atomic E-state index is 12.7. The van der Waals surface area contributed by atoms with Crippen LogP contribution in [0.2, 0.25) is 5.02 Å². The van der Waals surface area contributed by atoms with E-state index in [1.54, 1.807) is 0 Å². The normalized spacial score (nSPS) is 14.7. The van der Waals surface area contributed by atoms with E-state index in [1.165, 1.54) is 51.4 Å². The van der Waals surface area contributed by atoms with Gasteiger partial charge in [0.25, 0.3) is 11.3 Å². The van der Waals surface area contributed by atoms with Gasteiger partial charge in [-0.15, -0.1) is 0 Å². The van der Waals surface area contributed by atoms with Gasteiger partial charge >= 0.3 is 0 Å². The number of nitrogens with zero attached hydrogens (tertiary/aromatic N) is 3. The summed E-state index contributed by atoms with van der Waals surface area (Å²) in [7, 11) is 0. The molecule has 0 radical (unpaired) electrons. The number of nitrogens with one attached hydrogen (secondary N) is 2. The predicted octanol–water partition coefficient (Wildman–Crippen LogP) is 4.38. The average molecular weight is 432 g/mol. The Balaban J connectivity index is 1.38. The van der Waals surface area contributed by atoms with E-state index in [1.807, 2.05) is 24.3 Å². The maximum Gasteiger partial charge on any atom is 0.274 e. The monoisotopic (exact) mass is 431 g/mol. The molecule has 0 aliphatic heterocycles. The average Bonchev–Trinajstić information content (AvgIpc) is 3.48. The summed E-state index contributed by atoms with van der Waals surface area (Å²) in [5.74, 6) is 0.912. The Morgan fingerprint density at radius 3 is 2.48 bits per heavy atom. The Morgan fingerprint density at radius 2 is 1.74 bits per heavy atom. The molecule has 2 N–H and O–H groups in total. The van der Waals surface area contributed by atoms with E-state index in [0.717, 1.165) is 31.2 Å². The van der Waals surface area contributed by atoms with Gasteiger partial charge in [-0.25, -0.2) is 4.98 Å². The largest absolute Gasteiger partial charge is 0.324 e. The summed E-state index contributed by atoms with van der Waals surface area (Å²) < 4.78 is 1.39. The van der Waals surface area contributed by atoms with Gasteiger partial charge < -0.3 is 5.32 Å². The number of halogens is 1. The van der Waals surface area contributed by atoms with Crippen LogP contribution in [0.3, 0.4) is 0 Å². The fourth-order valence-electron chi connectivity index (χ4n) is 5.00. The third-order valence-electron chi connectivity index (χ3n) is 6.43. The minimum absolute atomic E-state index is 0.184. The molecular weight excluding hydrogens is 410 g/mol. The number of aromatic nitrogens is 4. The van der Waals surface area contributed by atoms with Crippen LogP contribution in [-0.2, 0) is 32.1 Å². The predicted molar refractivity (Wildman–Crippen MR) is 122 cm³/mol. The molecule has 4 aromatic rings. The standard InChI is InChI=1S/C24H22ClN5O/c25-20-10-2-1-5-16(20)12-17-13-21(31)30-24(26-17)28-23(29-30)27-22-18-8-3-6-14(18)11-15-7-4-9-19(15)22/h1-2,5,10-11,13H,3-4,6-9,12H2,(H2,26,27,28,29). The van der Waals surface area contributed by atoms with Crippen molar-refractivity contribution >= 4 is 29.0 Å². The van der Waals surface area contributed by atoms with Crippen molar-refractivity contribution in [2.75, 3.05) is 5.32 Å². The van der Waals surface area contributed by atoms with Crippen LogP contribution >= 0.6 is 11.6 Å². The van der Waals surface area contributed by atoms with Gasteiger partial charge in [-0.05, 0) is 72.4 Å². The first kappa shape index (κ1) is 18.6. The van der Waals surface area contributed by atoms with Crippen molar-refractivity contribution in [3.8, 4) is 0 Å². The van der Waals surface area contributed by atoms with Gasteiger partial charge in [0, 0.05) is 23.2 Å². The zero-order valence-electron chi connectivity index (χ0n) is 17.0. The molecule has 0 saturated heterocycles. The van der Waals surface area contributed by atoms with E-state index in [-0.39, 0.29) is 5.56 Å². The second-order valence-corrected chi connectivity index (χ2v) is 8.83. The van der Waals surface area contributed by atoms with Crippen LogP contribution in [0.15, 0.2) is 41.2 Å². The highest BCUT2D eigenvalue weighted by Crippen LogP contribution is 2.39. The van der Waals surface area contributed by atoms with Gasteiger partial charge in [0.2, 0.25) is 5.95 Å². The molecule has 0 unspecified atom stereocenters. The maximum absolute atomic E-state index is 12.7. The van der Waals surface area contributed by atoms with Gasteiger partial charge in [-0.1, -0.05) is 35.9 Å². The second-order valence-electron chi connectivity index (χ2n) is 8.42. The molecule has 0 amide bonds. The highest BCUT2D eigenvalue weighted by Gasteiger charge is 2.24. The summed E-state index contributed by atoms with van der Waals surface area (Å²) in [6.45, 7) is 0. The van der Waals surface area contributed by atoms with Crippen molar-refractivity contribution in [3.63, 3.8) is 0 Å². The highest BCUT2D eigenvalue weighted by atomic mass is 35.5. The van der Waals surface area contributed by atoms with Crippen molar-refractivity contribution < 1.29 is 0 Å². The fourth-order valence-corrected chi connectivity index (χ4v) is 5.20. The first-order chi connectivity index (χ1) is 15.2. The number of H-pyrrole nitrogens is 1. The smallest absolute Gasteiger partial charge is 0.274 e. The van der Waals surface area contributed by atoms with Crippen molar-refractivity contribution in [3.05, 3.63) is 85.3 Å². The molecule has 0 fully saturated rings. The second kappa shape index (κ2) is 7.24. The summed E-state index contributed by atoms with van der Waals surface area (Å²) in [6, 6.07) is 11.5. The molecule has 0 saturated carbocycles. The van der Waals surface area contributed by atoms with Crippen LogP contribution < -0.4 is 10.9 Å². The third-order valence-corrected chi connectivity index (χ3v) is 6.80. The molecule has 6 nitrogen and oxygen atoms in total. The van der Waals surface area contributed by atoms with Crippen molar-refractivity contribution in [2.45, 2.75) is 44.9 Å². The lowest BCUT2D eigenvalue weighted by molar-refractivity contribution is 0.881. The Hall–Kier alpha value is -3.12. The molecule has 2 heterocycles. The van der Waals surface area contributed by atoms with Gasteiger partial charge in [-0.3, -0.25) is 9.89 Å². The van der Waals surface area contributed by atoms with Crippen LogP contribution in [0.5, 0.6) is 0 Å². The number of hydrogen-bond donors (Lipinski definition) is 2. The first-order valence-electron chi connectivity index (χ1n) is 10.8. The number of aryl methyl sites for hydroxylation is 2. The Morgan fingerprint density at radius 1 is 1.00 bits per heavy atom. The van der Waals surface area contributed by atoms with Crippen LogP contribution in [0, 0.1) is 0 Å². The molecule has 31 heavy (non-hydrogen) atoms. The van der Waals surface area contributed by atoms with E-state index in [0.29, 0.717) is 28.9 Å². The van der Waals surface area contributed by atoms with E-state index < -0.39 is 0 Å². The number of anilines is 2. The van der Waals surface area contributed by atoms with Crippen LogP contribution in [0.25, 0.3) is 5.78 Å². The first-order valence-corrected chi connectivity index (χ1v) is 11.2. The number of hydrogen-bond acceptors (Lipinski definition) is 4. The fraction of sp³-hybridized carbons (Fsp3) is 0.292. The highest BCUT2D eigenvalue weighted by molar-refractivity contribution is 6.31. The molecule has 2 aliphatic carbocycles. The molecule has 2 aromatic heterocycles. The number of fused-ring (bicyclic) bond motifs is 3. The molecule has 0 atom stereocenters. The Bertz CT molecular complexity index is 1350. The summed E-state index contributed by atoms with van der Waals surface area (Å²) in [6.07, 6.45) is 7.34. The van der Waals surface area contributed by atoms with Gasteiger partial charge in [0.15, 0.2) is 0 Å². The van der Waals surface area contributed by atoms with Gasteiger partial charge in [0.05, 0.1) is 5.69 Å². The lowest BCUT2D eigenvalue weighted by Gasteiger charge is -2.15.